The zero-order valence-electron chi connectivity index (χ0n) is 9.46. The smallest absolute Gasteiger partial charge is 0.0368 e. The molecule has 0 amide bonds. The molecule has 1 heteroatoms. The lowest BCUT2D eigenvalue weighted by atomic mass is 9.80. The molecular weight excluding hydrogens is 182 g/mol. The number of hydrogen-bond acceptors (Lipinski definition) is 1. The molecule has 2 aliphatic carbocycles. The van der Waals surface area contributed by atoms with Gasteiger partial charge in [0, 0.05) is 23.2 Å². The third-order valence-electron chi connectivity index (χ3n) is 4.31. The average Bonchev–Trinajstić information content (AvgIpc) is 2.86. The Morgan fingerprint density at radius 2 is 2.27 bits per heavy atom. The molecule has 2 unspecified atom stereocenters. The van der Waals surface area contributed by atoms with Crippen LogP contribution in [0.2, 0.25) is 0 Å². The third-order valence-corrected chi connectivity index (χ3v) is 4.31. The van der Waals surface area contributed by atoms with Gasteiger partial charge in [-0.15, -0.1) is 0 Å². The van der Waals surface area contributed by atoms with Crippen LogP contribution >= 0.6 is 0 Å². The van der Waals surface area contributed by atoms with Crippen LogP contribution in [0.25, 0.3) is 0 Å². The van der Waals surface area contributed by atoms with Crippen molar-refractivity contribution >= 4 is 6.21 Å². The van der Waals surface area contributed by atoms with E-state index >= 15 is 0 Å². The van der Waals surface area contributed by atoms with Crippen molar-refractivity contribution in [3.05, 3.63) is 35.6 Å². The minimum atomic E-state index is 0.274. The highest BCUT2D eigenvalue weighted by atomic mass is 14.8. The molecule has 0 radical (unpaired) electrons. The Morgan fingerprint density at radius 1 is 1.40 bits per heavy atom. The van der Waals surface area contributed by atoms with Crippen LogP contribution in [-0.2, 0) is 0 Å². The molecule has 0 aromatic heterocycles. The van der Waals surface area contributed by atoms with E-state index in [0.717, 1.165) is 0 Å². The van der Waals surface area contributed by atoms with E-state index in [2.05, 4.69) is 43.3 Å². The van der Waals surface area contributed by atoms with Crippen molar-refractivity contribution in [3.63, 3.8) is 0 Å². The molecule has 0 spiro atoms. The van der Waals surface area contributed by atoms with Crippen LogP contribution < -0.4 is 0 Å². The van der Waals surface area contributed by atoms with E-state index in [0.29, 0.717) is 5.41 Å². The van der Waals surface area contributed by atoms with Gasteiger partial charge in [0.25, 0.3) is 0 Å². The summed E-state index contributed by atoms with van der Waals surface area (Å²) in [4.78, 5) is 4.36. The highest BCUT2D eigenvalue weighted by Gasteiger charge is 2.64. The Morgan fingerprint density at radius 3 is 3.00 bits per heavy atom. The van der Waals surface area contributed by atoms with Gasteiger partial charge in [0.1, 0.15) is 0 Å². The number of allylic oxidation sites excluding steroid dienone is 5. The number of hydrogen-bond donors (Lipinski definition) is 0. The normalized spacial score (nSPS) is 42.0. The van der Waals surface area contributed by atoms with E-state index in [1.807, 2.05) is 6.20 Å². The van der Waals surface area contributed by atoms with Crippen LogP contribution in [0.15, 0.2) is 40.6 Å². The SMILES string of the molecule is CC1=C(C23C=NC=CC2(C)C3)CCC=C1. The third kappa shape index (κ3) is 1.06. The monoisotopic (exact) mass is 199 g/mol. The summed E-state index contributed by atoms with van der Waals surface area (Å²) in [7, 11) is 0. The van der Waals surface area contributed by atoms with Gasteiger partial charge in [-0.05, 0) is 26.2 Å². The molecule has 0 aromatic rings. The van der Waals surface area contributed by atoms with Crippen molar-refractivity contribution in [1.82, 2.24) is 0 Å². The first kappa shape index (κ1) is 9.14. The fraction of sp³-hybridized carbons (Fsp3) is 0.500. The zero-order valence-corrected chi connectivity index (χ0v) is 9.46. The molecule has 1 saturated carbocycles. The minimum absolute atomic E-state index is 0.274. The van der Waals surface area contributed by atoms with Crippen LogP contribution in [0.4, 0.5) is 0 Å². The summed E-state index contributed by atoms with van der Waals surface area (Å²) in [6.07, 6.45) is 14.7. The first-order valence-electron chi connectivity index (χ1n) is 5.77. The van der Waals surface area contributed by atoms with Crippen molar-refractivity contribution in [2.75, 3.05) is 0 Å². The molecule has 15 heavy (non-hydrogen) atoms. The second-order valence-electron chi connectivity index (χ2n) is 5.26. The first-order chi connectivity index (χ1) is 7.18. The zero-order chi connectivity index (χ0) is 10.5. The molecule has 78 valence electrons. The Bertz CT molecular complexity index is 425. The van der Waals surface area contributed by atoms with E-state index in [1.54, 1.807) is 5.57 Å². The maximum absolute atomic E-state index is 4.36. The van der Waals surface area contributed by atoms with E-state index in [9.17, 15) is 0 Å². The number of nitrogens with zero attached hydrogens (tertiary/aromatic N) is 1. The molecule has 0 N–H and O–H groups in total. The second kappa shape index (κ2) is 2.72. The van der Waals surface area contributed by atoms with Gasteiger partial charge in [0.15, 0.2) is 0 Å². The Hall–Kier alpha value is -1.11. The van der Waals surface area contributed by atoms with Crippen LogP contribution in [-0.4, -0.2) is 6.21 Å². The molecule has 1 fully saturated rings. The Balaban J connectivity index is 2.06. The fourth-order valence-corrected chi connectivity index (χ4v) is 3.20. The highest BCUT2D eigenvalue weighted by molar-refractivity contribution is 5.80. The number of aliphatic imine (C=N–C) groups is 1. The van der Waals surface area contributed by atoms with Gasteiger partial charge in [-0.3, -0.25) is 4.99 Å². The predicted octanol–water partition coefficient (Wildman–Crippen LogP) is 3.65. The van der Waals surface area contributed by atoms with Gasteiger partial charge in [-0.2, -0.15) is 0 Å². The Kier molecular flexibility index (Phi) is 1.66. The van der Waals surface area contributed by atoms with E-state index < -0.39 is 0 Å². The molecular formula is C14H17N. The molecule has 2 atom stereocenters. The molecule has 0 aromatic carbocycles. The maximum Gasteiger partial charge on any atom is 0.0368 e. The van der Waals surface area contributed by atoms with Gasteiger partial charge in [-0.1, -0.05) is 36.3 Å². The van der Waals surface area contributed by atoms with Crippen molar-refractivity contribution in [3.8, 4) is 0 Å². The topological polar surface area (TPSA) is 12.4 Å². The molecule has 3 rings (SSSR count). The second-order valence-corrected chi connectivity index (χ2v) is 5.26. The number of fused-ring (bicyclic) bond motifs is 1. The lowest BCUT2D eigenvalue weighted by molar-refractivity contribution is 0.586. The molecule has 0 saturated heterocycles. The highest BCUT2D eigenvalue weighted by Crippen LogP contribution is 2.69. The van der Waals surface area contributed by atoms with Gasteiger partial charge in [0.2, 0.25) is 0 Å². The Labute approximate surface area is 91.3 Å². The summed E-state index contributed by atoms with van der Waals surface area (Å²) >= 11 is 0. The summed E-state index contributed by atoms with van der Waals surface area (Å²) in [5, 5.41) is 0. The van der Waals surface area contributed by atoms with Gasteiger partial charge >= 0.3 is 0 Å². The van der Waals surface area contributed by atoms with Gasteiger partial charge in [-0.25, -0.2) is 0 Å². The molecule has 1 heterocycles. The van der Waals surface area contributed by atoms with Crippen LogP contribution in [0.5, 0.6) is 0 Å². The average molecular weight is 199 g/mol. The van der Waals surface area contributed by atoms with Crippen LogP contribution in [0.3, 0.4) is 0 Å². The summed E-state index contributed by atoms with van der Waals surface area (Å²) < 4.78 is 0. The van der Waals surface area contributed by atoms with Crippen LogP contribution in [0, 0.1) is 10.8 Å². The van der Waals surface area contributed by atoms with E-state index in [-0.39, 0.29) is 5.41 Å². The molecule has 0 bridgehead atoms. The van der Waals surface area contributed by atoms with E-state index in [4.69, 9.17) is 0 Å². The molecule has 1 nitrogen and oxygen atoms in total. The predicted molar refractivity (Wildman–Crippen MR) is 63.9 cm³/mol. The lowest BCUT2D eigenvalue weighted by Gasteiger charge is -2.25. The summed E-state index contributed by atoms with van der Waals surface area (Å²) in [5.41, 5.74) is 3.72. The minimum Gasteiger partial charge on any atom is -0.268 e. The number of rotatable bonds is 1. The van der Waals surface area contributed by atoms with Gasteiger partial charge in [0.05, 0.1) is 0 Å². The summed E-state index contributed by atoms with van der Waals surface area (Å²) in [6.45, 7) is 4.60. The first-order valence-corrected chi connectivity index (χ1v) is 5.77. The standard InChI is InChI=1S/C14H17N/c1-11-5-3-4-6-12(11)14-9-13(14,2)7-8-15-10-14/h3,5,7-8,10H,4,6,9H2,1-2H3. The van der Waals surface area contributed by atoms with Crippen molar-refractivity contribution in [2.24, 2.45) is 15.8 Å². The maximum atomic E-state index is 4.36. The lowest BCUT2D eigenvalue weighted by Crippen LogP contribution is -2.18. The summed E-state index contributed by atoms with van der Waals surface area (Å²) in [5.74, 6) is 0. The molecule has 3 aliphatic rings. The quantitative estimate of drug-likeness (QED) is 0.611. The molecule has 1 aliphatic heterocycles. The van der Waals surface area contributed by atoms with Crippen molar-refractivity contribution in [2.45, 2.75) is 33.1 Å². The van der Waals surface area contributed by atoms with Crippen molar-refractivity contribution in [1.29, 1.82) is 0 Å². The van der Waals surface area contributed by atoms with Gasteiger partial charge < -0.3 is 0 Å². The van der Waals surface area contributed by atoms with Crippen molar-refractivity contribution < 1.29 is 0 Å². The van der Waals surface area contributed by atoms with E-state index in [1.165, 1.54) is 24.8 Å². The van der Waals surface area contributed by atoms with Crippen LogP contribution in [0.1, 0.15) is 33.1 Å². The largest absolute Gasteiger partial charge is 0.268 e. The summed E-state index contributed by atoms with van der Waals surface area (Å²) in [6, 6.07) is 0. The fourth-order valence-electron chi connectivity index (χ4n) is 3.20.